The van der Waals surface area contributed by atoms with E-state index < -0.39 is 12.1 Å². The number of nitrogens with two attached hydrogens (primary N) is 1. The molecule has 1 heterocycles. The van der Waals surface area contributed by atoms with Crippen molar-refractivity contribution >= 4 is 21.7 Å². The standard InChI is InChI=1S/C8H6BrF2N3/c9-2-5-4(3-12)1-6(7(10)11)14-8(5)13/h1,7H,2H2,(H2,13,14). The molecule has 0 spiro atoms. The van der Waals surface area contributed by atoms with Crippen LogP contribution < -0.4 is 5.73 Å². The van der Waals surface area contributed by atoms with E-state index in [1.54, 1.807) is 6.07 Å². The van der Waals surface area contributed by atoms with Gasteiger partial charge >= 0.3 is 0 Å². The molecule has 6 heteroatoms. The highest BCUT2D eigenvalue weighted by atomic mass is 79.9. The van der Waals surface area contributed by atoms with Gasteiger partial charge in [-0.05, 0) is 6.07 Å². The van der Waals surface area contributed by atoms with Crippen molar-refractivity contribution in [3.63, 3.8) is 0 Å². The molecule has 2 N–H and O–H groups in total. The third-order valence-electron chi connectivity index (χ3n) is 1.65. The molecule has 3 nitrogen and oxygen atoms in total. The van der Waals surface area contributed by atoms with Crippen LogP contribution in [-0.4, -0.2) is 4.98 Å². The average Bonchev–Trinajstić information content (AvgIpc) is 2.16. The van der Waals surface area contributed by atoms with Crippen molar-refractivity contribution in [1.29, 1.82) is 5.26 Å². The predicted octanol–water partition coefficient (Wildman–Crippen LogP) is 2.37. The number of hydrogen-bond donors (Lipinski definition) is 1. The van der Waals surface area contributed by atoms with E-state index in [0.29, 0.717) is 10.9 Å². The van der Waals surface area contributed by atoms with Gasteiger partial charge < -0.3 is 5.73 Å². The summed E-state index contributed by atoms with van der Waals surface area (Å²) in [7, 11) is 0. The van der Waals surface area contributed by atoms with Crippen LogP contribution in [0.1, 0.15) is 23.2 Å². The van der Waals surface area contributed by atoms with Crippen LogP contribution in [0.5, 0.6) is 0 Å². The van der Waals surface area contributed by atoms with Gasteiger partial charge in [0.2, 0.25) is 0 Å². The van der Waals surface area contributed by atoms with Crippen LogP contribution in [0, 0.1) is 11.3 Å². The Balaban J connectivity index is 3.33. The third-order valence-corrected chi connectivity index (χ3v) is 2.21. The molecule has 0 radical (unpaired) electrons. The smallest absolute Gasteiger partial charge is 0.280 e. The highest BCUT2D eigenvalue weighted by Gasteiger charge is 2.15. The minimum absolute atomic E-state index is 0.0313. The maximum atomic E-state index is 12.3. The van der Waals surface area contributed by atoms with E-state index in [1.165, 1.54) is 0 Å². The van der Waals surface area contributed by atoms with E-state index in [4.69, 9.17) is 11.0 Å². The summed E-state index contributed by atoms with van der Waals surface area (Å²) in [6, 6.07) is 2.85. The van der Waals surface area contributed by atoms with Crippen molar-refractivity contribution < 1.29 is 8.78 Å². The number of anilines is 1. The first-order valence-electron chi connectivity index (χ1n) is 3.63. The van der Waals surface area contributed by atoms with Crippen molar-refractivity contribution in [3.8, 4) is 6.07 Å². The minimum Gasteiger partial charge on any atom is -0.383 e. The molecule has 0 aliphatic carbocycles. The molecule has 0 aliphatic heterocycles. The molecule has 0 saturated carbocycles. The van der Waals surface area contributed by atoms with Crippen molar-refractivity contribution in [1.82, 2.24) is 4.98 Å². The van der Waals surface area contributed by atoms with Gasteiger partial charge in [-0.1, -0.05) is 15.9 Å². The summed E-state index contributed by atoms with van der Waals surface area (Å²) in [6.45, 7) is 0. The lowest BCUT2D eigenvalue weighted by molar-refractivity contribution is 0.146. The Hall–Kier alpha value is -1.22. The maximum absolute atomic E-state index is 12.3. The zero-order chi connectivity index (χ0) is 10.7. The van der Waals surface area contributed by atoms with Gasteiger partial charge in [0.25, 0.3) is 6.43 Å². The van der Waals surface area contributed by atoms with Crippen LogP contribution in [-0.2, 0) is 5.33 Å². The molecule has 74 valence electrons. The van der Waals surface area contributed by atoms with Crippen LogP contribution in [0.15, 0.2) is 6.07 Å². The number of aromatic nitrogens is 1. The molecule has 1 rings (SSSR count). The summed E-state index contributed by atoms with van der Waals surface area (Å²) in [5.41, 5.74) is 5.52. The molecule has 0 atom stereocenters. The zero-order valence-electron chi connectivity index (χ0n) is 6.97. The largest absolute Gasteiger partial charge is 0.383 e. The Kier molecular flexibility index (Phi) is 3.36. The first-order valence-corrected chi connectivity index (χ1v) is 4.75. The van der Waals surface area contributed by atoms with Crippen molar-refractivity contribution in [2.24, 2.45) is 0 Å². The van der Waals surface area contributed by atoms with Gasteiger partial charge in [0.1, 0.15) is 11.5 Å². The Morgan fingerprint density at radius 1 is 1.64 bits per heavy atom. The summed E-state index contributed by atoms with van der Waals surface area (Å²) in [6.07, 6.45) is -2.71. The fraction of sp³-hybridized carbons (Fsp3) is 0.250. The fourth-order valence-corrected chi connectivity index (χ4v) is 1.55. The lowest BCUT2D eigenvalue weighted by atomic mass is 10.1. The maximum Gasteiger partial charge on any atom is 0.280 e. The second-order valence-corrected chi connectivity index (χ2v) is 3.07. The van der Waals surface area contributed by atoms with E-state index in [1.807, 2.05) is 0 Å². The van der Waals surface area contributed by atoms with Gasteiger partial charge in [0.15, 0.2) is 0 Å². The van der Waals surface area contributed by atoms with Crippen LogP contribution >= 0.6 is 15.9 Å². The average molecular weight is 262 g/mol. The van der Waals surface area contributed by atoms with Gasteiger partial charge in [-0.2, -0.15) is 5.26 Å². The van der Waals surface area contributed by atoms with Gasteiger partial charge in [-0.3, -0.25) is 0 Å². The van der Waals surface area contributed by atoms with E-state index >= 15 is 0 Å². The summed E-state index contributed by atoms with van der Waals surface area (Å²) >= 11 is 3.10. The monoisotopic (exact) mass is 261 g/mol. The van der Waals surface area contributed by atoms with Crippen molar-refractivity contribution in [2.75, 3.05) is 5.73 Å². The molecule has 0 aliphatic rings. The van der Waals surface area contributed by atoms with Gasteiger partial charge in [0.05, 0.1) is 11.6 Å². The van der Waals surface area contributed by atoms with Gasteiger partial charge in [-0.25, -0.2) is 13.8 Å². The molecular formula is C8H6BrF2N3. The topological polar surface area (TPSA) is 62.7 Å². The Bertz CT molecular complexity index is 387. The van der Waals surface area contributed by atoms with Crippen LogP contribution in [0.2, 0.25) is 0 Å². The second kappa shape index (κ2) is 4.33. The molecule has 14 heavy (non-hydrogen) atoms. The number of pyridine rings is 1. The first-order chi connectivity index (χ1) is 6.60. The summed E-state index contributed by atoms with van der Waals surface area (Å²) in [4.78, 5) is 3.50. The van der Waals surface area contributed by atoms with E-state index in [-0.39, 0.29) is 11.4 Å². The van der Waals surface area contributed by atoms with Crippen LogP contribution in [0.3, 0.4) is 0 Å². The number of nitrogen functional groups attached to an aromatic ring is 1. The molecule has 0 amide bonds. The third kappa shape index (κ3) is 1.99. The van der Waals surface area contributed by atoms with E-state index in [2.05, 4.69) is 20.9 Å². The van der Waals surface area contributed by atoms with Crippen LogP contribution in [0.4, 0.5) is 14.6 Å². The molecule has 0 saturated heterocycles. The second-order valence-electron chi connectivity index (χ2n) is 2.50. The van der Waals surface area contributed by atoms with Crippen molar-refractivity contribution in [3.05, 3.63) is 22.9 Å². The number of nitrogens with zero attached hydrogens (tertiary/aromatic N) is 2. The Labute approximate surface area is 87.7 Å². The predicted molar refractivity (Wildman–Crippen MR) is 51.0 cm³/mol. The molecule has 1 aromatic rings. The normalized spacial score (nSPS) is 10.2. The highest BCUT2D eigenvalue weighted by Crippen LogP contribution is 2.24. The van der Waals surface area contributed by atoms with Gasteiger partial charge in [-0.15, -0.1) is 0 Å². The molecule has 0 unspecified atom stereocenters. The zero-order valence-corrected chi connectivity index (χ0v) is 8.55. The Morgan fingerprint density at radius 3 is 2.71 bits per heavy atom. The summed E-state index contributed by atoms with van der Waals surface area (Å²) in [5.74, 6) is -0.0313. The number of hydrogen-bond acceptors (Lipinski definition) is 3. The van der Waals surface area contributed by atoms with Crippen LogP contribution in [0.25, 0.3) is 0 Å². The number of halogens is 3. The fourth-order valence-electron chi connectivity index (χ4n) is 0.964. The summed E-state index contributed by atoms with van der Waals surface area (Å²) < 4.78 is 24.5. The SMILES string of the molecule is N#Cc1cc(C(F)F)nc(N)c1CBr. The van der Waals surface area contributed by atoms with E-state index in [0.717, 1.165) is 6.07 Å². The number of rotatable bonds is 2. The first kappa shape index (κ1) is 10.9. The summed E-state index contributed by atoms with van der Waals surface area (Å²) in [5, 5.41) is 9.00. The lowest BCUT2D eigenvalue weighted by Gasteiger charge is -2.06. The molecular weight excluding hydrogens is 256 g/mol. The molecule has 0 aromatic carbocycles. The number of nitriles is 1. The van der Waals surface area contributed by atoms with E-state index in [9.17, 15) is 8.78 Å². The lowest BCUT2D eigenvalue weighted by Crippen LogP contribution is -2.03. The minimum atomic E-state index is -2.71. The Morgan fingerprint density at radius 2 is 2.29 bits per heavy atom. The molecule has 0 bridgehead atoms. The van der Waals surface area contributed by atoms with Gasteiger partial charge in [0, 0.05) is 10.9 Å². The highest BCUT2D eigenvalue weighted by molar-refractivity contribution is 9.08. The number of alkyl halides is 3. The molecule has 1 aromatic heterocycles. The molecule has 0 fully saturated rings. The van der Waals surface area contributed by atoms with Crippen molar-refractivity contribution in [2.45, 2.75) is 11.8 Å². The quantitative estimate of drug-likeness (QED) is 0.832.